The molecule has 1 saturated heterocycles. The molecule has 1 aliphatic heterocycles. The second-order valence-electron chi connectivity index (χ2n) is 8.29. The largest absolute Gasteiger partial charge is 0.401 e. The summed E-state index contributed by atoms with van der Waals surface area (Å²) in [5.74, 6) is -0.271. The van der Waals surface area contributed by atoms with Crippen LogP contribution >= 0.6 is 11.3 Å². The van der Waals surface area contributed by atoms with Crippen LogP contribution in [-0.2, 0) is 6.42 Å². The molecule has 1 atom stereocenters. The average molecular weight is 481 g/mol. The van der Waals surface area contributed by atoms with Crippen LogP contribution < -0.4 is 10.2 Å². The van der Waals surface area contributed by atoms with Crippen molar-refractivity contribution in [2.75, 3.05) is 37.6 Å². The van der Waals surface area contributed by atoms with Gasteiger partial charge in [-0.25, -0.2) is 0 Å². The van der Waals surface area contributed by atoms with Crippen molar-refractivity contribution in [3.63, 3.8) is 0 Å². The fourth-order valence-electron chi connectivity index (χ4n) is 4.17. The SMILES string of the molecule is CCCC(Cc1c[nH]c2ccccc12)NC(=O)c1nnc(N2CCN(CC(F)(F)F)CC2)s1. The molecule has 7 nitrogen and oxygen atoms in total. The Bertz CT molecular complexity index is 1070. The van der Waals surface area contributed by atoms with Gasteiger partial charge in [0.15, 0.2) is 0 Å². The van der Waals surface area contributed by atoms with E-state index in [1.54, 1.807) is 0 Å². The number of rotatable bonds is 8. The van der Waals surface area contributed by atoms with E-state index in [2.05, 4.69) is 33.5 Å². The highest BCUT2D eigenvalue weighted by Crippen LogP contribution is 2.24. The summed E-state index contributed by atoms with van der Waals surface area (Å²) in [4.78, 5) is 19.4. The van der Waals surface area contributed by atoms with Crippen molar-refractivity contribution in [1.29, 1.82) is 0 Å². The van der Waals surface area contributed by atoms with Gasteiger partial charge in [0, 0.05) is 49.3 Å². The van der Waals surface area contributed by atoms with Crippen molar-refractivity contribution in [2.45, 2.75) is 38.4 Å². The lowest BCUT2D eigenvalue weighted by atomic mass is 10.0. The number of hydrogen-bond donors (Lipinski definition) is 2. The summed E-state index contributed by atoms with van der Waals surface area (Å²) in [6, 6.07) is 8.03. The van der Waals surface area contributed by atoms with Crippen LogP contribution in [0.1, 0.15) is 35.1 Å². The van der Waals surface area contributed by atoms with Gasteiger partial charge in [-0.15, -0.1) is 10.2 Å². The third kappa shape index (κ3) is 6.02. The number of amides is 1. The third-order valence-electron chi connectivity index (χ3n) is 5.77. The number of anilines is 1. The molecule has 0 bridgehead atoms. The summed E-state index contributed by atoms with van der Waals surface area (Å²) in [7, 11) is 0. The van der Waals surface area contributed by atoms with Crippen molar-refractivity contribution >= 4 is 33.3 Å². The Kier molecular flexibility index (Phi) is 7.18. The molecule has 1 unspecified atom stereocenters. The zero-order valence-electron chi connectivity index (χ0n) is 18.4. The first kappa shape index (κ1) is 23.5. The van der Waals surface area contributed by atoms with Crippen molar-refractivity contribution in [3.8, 4) is 0 Å². The minimum Gasteiger partial charge on any atom is -0.361 e. The van der Waals surface area contributed by atoms with Gasteiger partial charge in [-0.05, 0) is 24.5 Å². The summed E-state index contributed by atoms with van der Waals surface area (Å²) in [5, 5.41) is 13.2. The van der Waals surface area contributed by atoms with Gasteiger partial charge in [0.2, 0.25) is 10.1 Å². The van der Waals surface area contributed by atoms with Crippen LogP contribution in [0.2, 0.25) is 0 Å². The molecule has 1 aromatic carbocycles. The zero-order valence-corrected chi connectivity index (χ0v) is 19.2. The first-order valence-electron chi connectivity index (χ1n) is 11.1. The zero-order chi connectivity index (χ0) is 23.4. The highest BCUT2D eigenvalue weighted by atomic mass is 32.1. The highest BCUT2D eigenvalue weighted by Gasteiger charge is 2.32. The van der Waals surface area contributed by atoms with E-state index in [1.807, 2.05) is 29.3 Å². The number of para-hydroxylation sites is 1. The van der Waals surface area contributed by atoms with E-state index in [0.29, 0.717) is 37.7 Å². The Morgan fingerprint density at radius 3 is 2.70 bits per heavy atom. The Morgan fingerprint density at radius 2 is 1.97 bits per heavy atom. The van der Waals surface area contributed by atoms with Gasteiger partial charge in [0.25, 0.3) is 5.91 Å². The lowest BCUT2D eigenvalue weighted by Gasteiger charge is -2.34. The molecule has 33 heavy (non-hydrogen) atoms. The molecule has 178 valence electrons. The summed E-state index contributed by atoms with van der Waals surface area (Å²) < 4.78 is 37.8. The van der Waals surface area contributed by atoms with E-state index in [-0.39, 0.29) is 17.0 Å². The fraction of sp³-hybridized carbons (Fsp3) is 0.500. The first-order chi connectivity index (χ1) is 15.8. The molecule has 1 aliphatic rings. The number of H-pyrrole nitrogens is 1. The van der Waals surface area contributed by atoms with Crippen LogP contribution in [0, 0.1) is 0 Å². The maximum absolute atomic E-state index is 12.9. The van der Waals surface area contributed by atoms with Gasteiger partial charge in [-0.2, -0.15) is 13.2 Å². The van der Waals surface area contributed by atoms with E-state index in [0.717, 1.165) is 29.3 Å². The lowest BCUT2D eigenvalue weighted by molar-refractivity contribution is -0.146. The second-order valence-corrected chi connectivity index (χ2v) is 9.25. The number of benzene rings is 1. The van der Waals surface area contributed by atoms with E-state index < -0.39 is 12.7 Å². The van der Waals surface area contributed by atoms with Gasteiger partial charge in [-0.3, -0.25) is 9.69 Å². The molecule has 1 amide bonds. The van der Waals surface area contributed by atoms with Gasteiger partial charge < -0.3 is 15.2 Å². The summed E-state index contributed by atoms with van der Waals surface area (Å²) in [6.45, 7) is 2.61. The second kappa shape index (κ2) is 10.1. The van der Waals surface area contributed by atoms with Gasteiger partial charge in [0.05, 0.1) is 6.54 Å². The van der Waals surface area contributed by atoms with E-state index >= 15 is 0 Å². The number of nitrogens with one attached hydrogen (secondary N) is 2. The Balaban J connectivity index is 1.36. The third-order valence-corrected chi connectivity index (χ3v) is 6.75. The molecule has 3 heterocycles. The number of carbonyl (C=O) groups is 1. The molecule has 0 aliphatic carbocycles. The van der Waals surface area contributed by atoms with E-state index in [1.165, 1.54) is 16.2 Å². The Hall–Kier alpha value is -2.66. The molecule has 2 N–H and O–H groups in total. The fourth-order valence-corrected chi connectivity index (χ4v) is 4.97. The summed E-state index contributed by atoms with van der Waals surface area (Å²) in [6.07, 6.45) is 0.254. The molecule has 11 heteroatoms. The van der Waals surface area contributed by atoms with Crippen molar-refractivity contribution in [1.82, 2.24) is 25.4 Å². The molecule has 2 aromatic heterocycles. The Morgan fingerprint density at radius 1 is 1.21 bits per heavy atom. The average Bonchev–Trinajstić information content (AvgIpc) is 3.41. The maximum Gasteiger partial charge on any atom is 0.401 e. The molecular formula is C22H27F3N6OS. The number of alkyl halides is 3. The molecule has 1 fully saturated rings. The van der Waals surface area contributed by atoms with E-state index in [4.69, 9.17) is 0 Å². The van der Waals surface area contributed by atoms with Crippen molar-refractivity contribution in [2.24, 2.45) is 0 Å². The topological polar surface area (TPSA) is 77.1 Å². The molecule has 0 saturated carbocycles. The number of piperazine rings is 1. The molecule has 3 aromatic rings. The lowest BCUT2D eigenvalue weighted by Crippen LogP contribution is -2.49. The van der Waals surface area contributed by atoms with Crippen LogP contribution in [0.5, 0.6) is 0 Å². The molecule has 0 radical (unpaired) electrons. The molecule has 4 rings (SSSR count). The smallest absolute Gasteiger partial charge is 0.361 e. The monoisotopic (exact) mass is 480 g/mol. The van der Waals surface area contributed by atoms with Gasteiger partial charge in [-0.1, -0.05) is 42.9 Å². The summed E-state index contributed by atoms with van der Waals surface area (Å²) in [5.41, 5.74) is 2.22. The van der Waals surface area contributed by atoms with Crippen LogP contribution in [0.25, 0.3) is 10.9 Å². The minimum atomic E-state index is -4.20. The standard InChI is InChI=1S/C22H27F3N6OS/c1-2-5-16(12-15-13-26-18-7-4-3-6-17(15)18)27-19(32)20-28-29-21(33-20)31-10-8-30(9-11-31)14-22(23,24)25/h3-4,6-7,13,16,26H,2,5,8-12,14H2,1H3,(H,27,32). The van der Waals surface area contributed by atoms with Crippen molar-refractivity contribution < 1.29 is 18.0 Å². The quantitative estimate of drug-likeness (QED) is 0.512. The normalized spacial score (nSPS) is 16.3. The van der Waals surface area contributed by atoms with Gasteiger partial charge in [0.1, 0.15) is 0 Å². The van der Waals surface area contributed by atoms with Crippen LogP contribution in [0.3, 0.4) is 0 Å². The van der Waals surface area contributed by atoms with E-state index in [9.17, 15) is 18.0 Å². The maximum atomic E-state index is 12.9. The minimum absolute atomic E-state index is 0.0417. The first-order valence-corrected chi connectivity index (χ1v) is 11.9. The highest BCUT2D eigenvalue weighted by molar-refractivity contribution is 7.17. The number of hydrogen-bond acceptors (Lipinski definition) is 6. The molecular weight excluding hydrogens is 453 g/mol. The number of fused-ring (bicyclic) bond motifs is 1. The van der Waals surface area contributed by atoms with Crippen molar-refractivity contribution in [3.05, 3.63) is 41.0 Å². The predicted octanol–water partition coefficient (Wildman–Crippen LogP) is 3.84. The molecule has 0 spiro atoms. The van der Waals surface area contributed by atoms with Crippen LogP contribution in [0.15, 0.2) is 30.5 Å². The van der Waals surface area contributed by atoms with Crippen LogP contribution in [0.4, 0.5) is 18.3 Å². The number of carbonyl (C=O) groups excluding carboxylic acids is 1. The number of halogens is 3. The predicted molar refractivity (Wildman–Crippen MR) is 123 cm³/mol. The number of nitrogens with zero attached hydrogens (tertiary/aromatic N) is 4. The number of aromatic amines is 1. The Labute approximate surface area is 194 Å². The number of aromatic nitrogens is 3. The summed E-state index contributed by atoms with van der Waals surface area (Å²) >= 11 is 1.18. The van der Waals surface area contributed by atoms with Gasteiger partial charge >= 0.3 is 6.18 Å². The van der Waals surface area contributed by atoms with Crippen LogP contribution in [-0.4, -0.2) is 70.9 Å².